The van der Waals surface area contributed by atoms with Gasteiger partial charge in [-0.15, -0.1) is 0 Å². The number of anilines is 2. The minimum absolute atomic E-state index is 0.106. The Morgan fingerprint density at radius 1 is 1.12 bits per heavy atom. The fourth-order valence-corrected chi connectivity index (χ4v) is 3.01. The van der Waals surface area contributed by atoms with Crippen molar-refractivity contribution in [2.45, 2.75) is 13.8 Å². The molecule has 2 N–H and O–H groups in total. The first-order valence-electron chi connectivity index (χ1n) is 9.33. The van der Waals surface area contributed by atoms with E-state index in [0.29, 0.717) is 17.1 Å². The maximum atomic E-state index is 12.9. The molecule has 0 radical (unpaired) electrons. The lowest BCUT2D eigenvalue weighted by atomic mass is 10.2. The summed E-state index contributed by atoms with van der Waals surface area (Å²) in [5.74, 6) is -0.862. The van der Waals surface area contributed by atoms with Crippen LogP contribution in [-0.4, -0.2) is 33.6 Å². The van der Waals surface area contributed by atoms with Gasteiger partial charge in [0.05, 0.1) is 17.7 Å². The first-order valence-corrected chi connectivity index (χ1v) is 9.33. The van der Waals surface area contributed by atoms with Gasteiger partial charge >= 0.3 is 0 Å². The summed E-state index contributed by atoms with van der Waals surface area (Å²) >= 11 is 0. The summed E-state index contributed by atoms with van der Waals surface area (Å²) in [7, 11) is 1.40. The van der Waals surface area contributed by atoms with Gasteiger partial charge < -0.3 is 15.4 Å². The van der Waals surface area contributed by atoms with Gasteiger partial charge in [0, 0.05) is 30.4 Å². The van der Waals surface area contributed by atoms with E-state index in [9.17, 15) is 24.5 Å². The van der Waals surface area contributed by atoms with Gasteiger partial charge in [-0.2, -0.15) is 5.10 Å². The van der Waals surface area contributed by atoms with Gasteiger partial charge in [-0.05, 0) is 31.2 Å². The van der Waals surface area contributed by atoms with Crippen LogP contribution >= 0.6 is 0 Å². The second-order valence-electron chi connectivity index (χ2n) is 6.71. The number of nitro groups is 1. The van der Waals surface area contributed by atoms with E-state index in [-0.39, 0.29) is 23.0 Å². The summed E-state index contributed by atoms with van der Waals surface area (Å²) in [6.45, 7) is 2.89. The molecule has 164 valence electrons. The van der Waals surface area contributed by atoms with Crippen LogP contribution in [0.4, 0.5) is 17.1 Å². The monoisotopic (exact) mass is 437 g/mol. The molecular formula is C21H19N5O6. The van der Waals surface area contributed by atoms with E-state index >= 15 is 0 Å². The van der Waals surface area contributed by atoms with Gasteiger partial charge in [-0.25, -0.2) is 4.68 Å². The number of ether oxygens (including phenoxy) is 1. The summed E-state index contributed by atoms with van der Waals surface area (Å²) in [5.41, 5.74) is -0.346. The second kappa shape index (κ2) is 9.08. The van der Waals surface area contributed by atoms with E-state index in [4.69, 9.17) is 4.74 Å². The Labute approximate surface area is 181 Å². The van der Waals surface area contributed by atoms with Crippen LogP contribution in [0.15, 0.2) is 53.3 Å². The zero-order valence-corrected chi connectivity index (χ0v) is 17.4. The van der Waals surface area contributed by atoms with Gasteiger partial charge in [-0.1, -0.05) is 12.1 Å². The number of methoxy groups -OCH3 is 1. The highest BCUT2D eigenvalue weighted by Crippen LogP contribution is 2.28. The number of carbonyl (C=O) groups is 2. The van der Waals surface area contributed by atoms with Crippen molar-refractivity contribution in [1.29, 1.82) is 0 Å². The van der Waals surface area contributed by atoms with E-state index in [1.807, 2.05) is 0 Å². The van der Waals surface area contributed by atoms with Crippen molar-refractivity contribution in [2.24, 2.45) is 0 Å². The number of nitro benzene ring substituents is 1. The fraction of sp³-hybridized carbons (Fsp3) is 0.143. The van der Waals surface area contributed by atoms with Crippen LogP contribution in [0.3, 0.4) is 0 Å². The maximum absolute atomic E-state index is 12.9. The Morgan fingerprint density at radius 3 is 2.50 bits per heavy atom. The molecule has 11 heteroatoms. The van der Waals surface area contributed by atoms with Crippen LogP contribution in [0, 0.1) is 17.0 Å². The van der Waals surface area contributed by atoms with Gasteiger partial charge in [0.15, 0.2) is 5.69 Å². The van der Waals surface area contributed by atoms with Crippen LogP contribution in [0.1, 0.15) is 23.1 Å². The fourth-order valence-electron chi connectivity index (χ4n) is 3.01. The van der Waals surface area contributed by atoms with Crippen LogP contribution in [0.25, 0.3) is 5.69 Å². The first-order chi connectivity index (χ1) is 15.2. The maximum Gasteiger partial charge on any atom is 0.294 e. The lowest BCUT2D eigenvalue weighted by Crippen LogP contribution is -2.27. The molecule has 0 aliphatic carbocycles. The molecule has 2 amide bonds. The summed E-state index contributed by atoms with van der Waals surface area (Å²) in [4.78, 5) is 47.5. The van der Waals surface area contributed by atoms with Gasteiger partial charge in [0.2, 0.25) is 11.3 Å². The van der Waals surface area contributed by atoms with Crippen molar-refractivity contribution >= 4 is 28.9 Å². The standard InChI is InChI=1S/C21H19N5O6/c1-12-10-18(28)20(24-25(12)16-6-4-5-7-17(16)26(30)31)21(29)23-15-11-14(22-13(2)27)8-9-19(15)32-3/h4-11H,1-3H3,(H,22,27)(H,23,29). The zero-order chi connectivity index (χ0) is 23.4. The molecule has 0 fully saturated rings. The topological polar surface area (TPSA) is 145 Å². The third-order valence-corrected chi connectivity index (χ3v) is 4.40. The van der Waals surface area contributed by atoms with E-state index < -0.39 is 22.0 Å². The largest absolute Gasteiger partial charge is 0.495 e. The number of benzene rings is 2. The molecule has 0 atom stereocenters. The SMILES string of the molecule is COc1ccc(NC(C)=O)cc1NC(=O)c1nn(-c2ccccc2[N+](=O)[O-])c(C)cc1=O. The lowest BCUT2D eigenvalue weighted by molar-refractivity contribution is -0.384. The Bertz CT molecular complexity index is 1280. The second-order valence-corrected chi connectivity index (χ2v) is 6.71. The number of aryl methyl sites for hydroxylation is 1. The number of hydrogen-bond donors (Lipinski definition) is 2. The lowest BCUT2D eigenvalue weighted by Gasteiger charge is -2.14. The predicted molar refractivity (Wildman–Crippen MR) is 116 cm³/mol. The molecule has 2 aromatic carbocycles. The highest BCUT2D eigenvalue weighted by Gasteiger charge is 2.21. The summed E-state index contributed by atoms with van der Waals surface area (Å²) in [6, 6.07) is 11.6. The normalized spacial score (nSPS) is 10.3. The minimum Gasteiger partial charge on any atom is -0.495 e. The molecule has 0 unspecified atom stereocenters. The summed E-state index contributed by atoms with van der Waals surface area (Å²) < 4.78 is 6.39. The number of rotatable bonds is 6. The number of nitrogens with zero attached hydrogens (tertiary/aromatic N) is 3. The van der Waals surface area contributed by atoms with Crippen LogP contribution in [0.5, 0.6) is 5.75 Å². The molecule has 0 spiro atoms. The Balaban J connectivity index is 2.04. The van der Waals surface area contributed by atoms with Crippen LogP contribution in [-0.2, 0) is 4.79 Å². The first kappa shape index (κ1) is 22.2. The van der Waals surface area contributed by atoms with Gasteiger partial charge in [0.25, 0.3) is 11.6 Å². The highest BCUT2D eigenvalue weighted by atomic mass is 16.6. The molecule has 3 aromatic rings. The molecule has 0 aliphatic rings. The molecule has 1 heterocycles. The summed E-state index contributed by atoms with van der Waals surface area (Å²) in [5, 5.41) is 20.6. The average molecular weight is 437 g/mol. The van der Waals surface area contributed by atoms with E-state index in [1.54, 1.807) is 19.1 Å². The average Bonchev–Trinajstić information content (AvgIpc) is 2.73. The third kappa shape index (κ3) is 4.61. The van der Waals surface area contributed by atoms with Crippen molar-refractivity contribution in [1.82, 2.24) is 9.78 Å². The Morgan fingerprint density at radius 2 is 1.84 bits per heavy atom. The van der Waals surface area contributed by atoms with Crippen molar-refractivity contribution in [3.63, 3.8) is 0 Å². The molecule has 1 aromatic heterocycles. The van der Waals surface area contributed by atoms with Crippen molar-refractivity contribution in [2.75, 3.05) is 17.7 Å². The molecule has 0 bridgehead atoms. The number of amides is 2. The zero-order valence-electron chi connectivity index (χ0n) is 17.4. The molecule has 32 heavy (non-hydrogen) atoms. The van der Waals surface area contributed by atoms with Crippen LogP contribution in [0.2, 0.25) is 0 Å². The van der Waals surface area contributed by atoms with Crippen molar-refractivity contribution in [3.8, 4) is 11.4 Å². The van der Waals surface area contributed by atoms with Gasteiger partial charge in [0.1, 0.15) is 11.4 Å². The van der Waals surface area contributed by atoms with E-state index in [2.05, 4.69) is 15.7 Å². The number of para-hydroxylation sites is 2. The molecule has 3 rings (SSSR count). The van der Waals surface area contributed by atoms with Gasteiger partial charge in [-0.3, -0.25) is 24.5 Å². The Kier molecular flexibility index (Phi) is 6.29. The Hall–Kier alpha value is -4.54. The van der Waals surface area contributed by atoms with Crippen LogP contribution < -0.4 is 20.8 Å². The van der Waals surface area contributed by atoms with E-state index in [0.717, 1.165) is 0 Å². The highest BCUT2D eigenvalue weighted by molar-refractivity contribution is 6.04. The smallest absolute Gasteiger partial charge is 0.294 e. The van der Waals surface area contributed by atoms with Crippen molar-refractivity contribution in [3.05, 3.63) is 80.3 Å². The third-order valence-electron chi connectivity index (χ3n) is 4.40. The predicted octanol–water partition coefficient (Wildman–Crippen LogP) is 2.67. The minimum atomic E-state index is -0.847. The molecule has 11 nitrogen and oxygen atoms in total. The number of hydrogen-bond acceptors (Lipinski definition) is 7. The number of aromatic nitrogens is 2. The molecule has 0 aliphatic heterocycles. The quantitative estimate of drug-likeness (QED) is 0.445. The van der Waals surface area contributed by atoms with E-state index in [1.165, 1.54) is 55.1 Å². The molecule has 0 saturated carbocycles. The number of carbonyl (C=O) groups excluding carboxylic acids is 2. The van der Waals surface area contributed by atoms with Crippen molar-refractivity contribution < 1.29 is 19.2 Å². The summed E-state index contributed by atoms with van der Waals surface area (Å²) in [6.07, 6.45) is 0. The number of nitrogens with one attached hydrogen (secondary N) is 2. The molecular weight excluding hydrogens is 418 g/mol. The molecule has 0 saturated heterocycles.